The first-order valence-corrected chi connectivity index (χ1v) is 7.65. The van der Waals surface area contributed by atoms with Crippen molar-refractivity contribution in [2.24, 2.45) is 5.92 Å². The molecule has 1 aromatic heterocycles. The number of nitrogens with zero attached hydrogens (tertiary/aromatic N) is 4. The summed E-state index contributed by atoms with van der Waals surface area (Å²) in [5.41, 5.74) is 0. The summed E-state index contributed by atoms with van der Waals surface area (Å²) in [5.74, 6) is 1.85. The van der Waals surface area contributed by atoms with Crippen LogP contribution in [0.5, 0.6) is 0 Å². The monoisotopic (exact) mass is 260 g/mol. The Balaban J connectivity index is 1.55. The van der Waals surface area contributed by atoms with Crippen LogP contribution in [0.4, 0.5) is 5.82 Å². The normalized spacial score (nSPS) is 25.5. The molecule has 1 aromatic rings. The highest BCUT2D eigenvalue weighted by Crippen LogP contribution is 2.22. The lowest BCUT2D eigenvalue weighted by Gasteiger charge is -2.37. The molecular formula is C15H24N4. The third kappa shape index (κ3) is 3.44. The second-order valence-corrected chi connectivity index (χ2v) is 5.88. The molecule has 3 heterocycles. The topological polar surface area (TPSA) is 32.3 Å². The Morgan fingerprint density at radius 1 is 1.05 bits per heavy atom. The second-order valence-electron chi connectivity index (χ2n) is 5.88. The van der Waals surface area contributed by atoms with Gasteiger partial charge in [-0.05, 0) is 44.7 Å². The van der Waals surface area contributed by atoms with E-state index in [0.29, 0.717) is 0 Å². The van der Waals surface area contributed by atoms with Gasteiger partial charge in [0.2, 0.25) is 0 Å². The van der Waals surface area contributed by atoms with Crippen LogP contribution in [0.2, 0.25) is 0 Å². The SMILES string of the molecule is c1cnc(N2CCCC(CN3CCCCC3)C2)cn1. The van der Waals surface area contributed by atoms with Crippen LogP contribution in [0.3, 0.4) is 0 Å². The lowest BCUT2D eigenvalue weighted by molar-refractivity contribution is 0.185. The van der Waals surface area contributed by atoms with E-state index in [0.717, 1.165) is 24.8 Å². The van der Waals surface area contributed by atoms with E-state index in [2.05, 4.69) is 19.8 Å². The molecule has 1 atom stereocenters. The first-order chi connectivity index (χ1) is 9.42. The summed E-state index contributed by atoms with van der Waals surface area (Å²) in [4.78, 5) is 13.7. The second kappa shape index (κ2) is 6.33. The van der Waals surface area contributed by atoms with Crippen LogP contribution in [0.1, 0.15) is 32.1 Å². The fourth-order valence-electron chi connectivity index (χ4n) is 3.38. The van der Waals surface area contributed by atoms with Gasteiger partial charge in [-0.25, -0.2) is 4.98 Å². The molecule has 104 valence electrons. The predicted octanol–water partition coefficient (Wildman–Crippen LogP) is 2.18. The first kappa shape index (κ1) is 12.9. The molecule has 0 radical (unpaired) electrons. The molecule has 3 rings (SSSR count). The van der Waals surface area contributed by atoms with Crippen molar-refractivity contribution in [2.75, 3.05) is 37.6 Å². The number of piperidine rings is 2. The van der Waals surface area contributed by atoms with Crippen molar-refractivity contribution in [1.29, 1.82) is 0 Å². The molecule has 0 aliphatic carbocycles. The average molecular weight is 260 g/mol. The summed E-state index contributed by atoms with van der Waals surface area (Å²) in [6.45, 7) is 6.17. The van der Waals surface area contributed by atoms with Crippen molar-refractivity contribution in [3.05, 3.63) is 18.6 Å². The molecule has 0 spiro atoms. The van der Waals surface area contributed by atoms with Gasteiger partial charge in [0.25, 0.3) is 0 Å². The Labute approximate surface area is 115 Å². The van der Waals surface area contributed by atoms with E-state index in [1.807, 2.05) is 6.20 Å². The largest absolute Gasteiger partial charge is 0.355 e. The maximum absolute atomic E-state index is 4.43. The molecule has 1 unspecified atom stereocenters. The molecule has 0 saturated carbocycles. The maximum atomic E-state index is 4.43. The molecule has 4 nitrogen and oxygen atoms in total. The lowest BCUT2D eigenvalue weighted by atomic mass is 9.96. The summed E-state index contributed by atoms with van der Waals surface area (Å²) in [6, 6.07) is 0. The van der Waals surface area contributed by atoms with Crippen LogP contribution in [0, 0.1) is 5.92 Å². The van der Waals surface area contributed by atoms with Crippen molar-refractivity contribution in [1.82, 2.24) is 14.9 Å². The van der Waals surface area contributed by atoms with Crippen LogP contribution in [0.15, 0.2) is 18.6 Å². The van der Waals surface area contributed by atoms with Gasteiger partial charge in [0.05, 0.1) is 6.20 Å². The van der Waals surface area contributed by atoms with Gasteiger partial charge in [0, 0.05) is 32.0 Å². The average Bonchev–Trinajstić information content (AvgIpc) is 2.49. The molecule has 0 bridgehead atoms. The summed E-state index contributed by atoms with van der Waals surface area (Å²) in [6.07, 6.45) is 12.3. The molecule has 2 aliphatic rings. The van der Waals surface area contributed by atoms with Crippen molar-refractivity contribution >= 4 is 5.82 Å². The summed E-state index contributed by atoms with van der Waals surface area (Å²) >= 11 is 0. The number of likely N-dealkylation sites (tertiary alicyclic amines) is 1. The van der Waals surface area contributed by atoms with Crippen LogP contribution in [-0.4, -0.2) is 47.6 Å². The van der Waals surface area contributed by atoms with E-state index in [1.165, 1.54) is 51.7 Å². The number of hydrogen-bond acceptors (Lipinski definition) is 4. The number of rotatable bonds is 3. The number of anilines is 1. The Morgan fingerprint density at radius 3 is 2.74 bits per heavy atom. The zero-order valence-corrected chi connectivity index (χ0v) is 11.7. The highest BCUT2D eigenvalue weighted by Gasteiger charge is 2.23. The molecule has 19 heavy (non-hydrogen) atoms. The molecular weight excluding hydrogens is 236 g/mol. The highest BCUT2D eigenvalue weighted by molar-refractivity contribution is 5.35. The third-order valence-electron chi connectivity index (χ3n) is 4.36. The van der Waals surface area contributed by atoms with E-state index in [4.69, 9.17) is 0 Å². The van der Waals surface area contributed by atoms with E-state index in [-0.39, 0.29) is 0 Å². The molecule has 2 fully saturated rings. The number of hydrogen-bond donors (Lipinski definition) is 0. The van der Waals surface area contributed by atoms with E-state index in [9.17, 15) is 0 Å². The minimum Gasteiger partial charge on any atom is -0.355 e. The van der Waals surface area contributed by atoms with Crippen LogP contribution in [0.25, 0.3) is 0 Å². The third-order valence-corrected chi connectivity index (χ3v) is 4.36. The van der Waals surface area contributed by atoms with Gasteiger partial charge in [-0.15, -0.1) is 0 Å². The van der Waals surface area contributed by atoms with Crippen LogP contribution < -0.4 is 4.90 Å². The van der Waals surface area contributed by atoms with Gasteiger partial charge in [-0.3, -0.25) is 4.98 Å². The summed E-state index contributed by atoms with van der Waals surface area (Å²) < 4.78 is 0. The Morgan fingerprint density at radius 2 is 1.95 bits per heavy atom. The first-order valence-electron chi connectivity index (χ1n) is 7.65. The molecule has 2 saturated heterocycles. The van der Waals surface area contributed by atoms with Crippen molar-refractivity contribution in [3.63, 3.8) is 0 Å². The fraction of sp³-hybridized carbons (Fsp3) is 0.733. The van der Waals surface area contributed by atoms with Crippen LogP contribution >= 0.6 is 0 Å². The van der Waals surface area contributed by atoms with Crippen LogP contribution in [-0.2, 0) is 0 Å². The molecule has 4 heteroatoms. The number of aromatic nitrogens is 2. The van der Waals surface area contributed by atoms with Crippen molar-refractivity contribution in [2.45, 2.75) is 32.1 Å². The zero-order valence-electron chi connectivity index (χ0n) is 11.7. The van der Waals surface area contributed by atoms with E-state index in [1.54, 1.807) is 12.4 Å². The molecule has 2 aliphatic heterocycles. The summed E-state index contributed by atoms with van der Waals surface area (Å²) in [7, 11) is 0. The highest BCUT2D eigenvalue weighted by atomic mass is 15.2. The Bertz CT molecular complexity index is 375. The Kier molecular flexibility index (Phi) is 4.28. The molecule has 0 aromatic carbocycles. The summed E-state index contributed by atoms with van der Waals surface area (Å²) in [5, 5.41) is 0. The van der Waals surface area contributed by atoms with Gasteiger partial charge in [0.1, 0.15) is 5.82 Å². The quantitative estimate of drug-likeness (QED) is 0.834. The van der Waals surface area contributed by atoms with E-state index < -0.39 is 0 Å². The van der Waals surface area contributed by atoms with Crippen molar-refractivity contribution < 1.29 is 0 Å². The maximum Gasteiger partial charge on any atom is 0.147 e. The smallest absolute Gasteiger partial charge is 0.147 e. The molecule has 0 amide bonds. The zero-order chi connectivity index (χ0) is 12.9. The van der Waals surface area contributed by atoms with Gasteiger partial charge in [-0.1, -0.05) is 6.42 Å². The van der Waals surface area contributed by atoms with Gasteiger partial charge in [-0.2, -0.15) is 0 Å². The van der Waals surface area contributed by atoms with Gasteiger partial charge >= 0.3 is 0 Å². The predicted molar refractivity (Wildman–Crippen MR) is 77.3 cm³/mol. The standard InChI is InChI=1S/C15H24N4/c1-2-8-18(9-3-1)12-14-5-4-10-19(13-14)15-11-16-6-7-17-15/h6-7,11,14H,1-5,8-10,12-13H2. The Hall–Kier alpha value is -1.16. The fourth-order valence-corrected chi connectivity index (χ4v) is 3.38. The van der Waals surface area contributed by atoms with Crippen molar-refractivity contribution in [3.8, 4) is 0 Å². The minimum absolute atomic E-state index is 0.800. The molecule has 0 N–H and O–H groups in total. The van der Waals surface area contributed by atoms with Gasteiger partial charge < -0.3 is 9.80 Å². The van der Waals surface area contributed by atoms with E-state index >= 15 is 0 Å². The lowest BCUT2D eigenvalue weighted by Crippen LogP contribution is -2.42. The minimum atomic E-state index is 0.800. The van der Waals surface area contributed by atoms with Gasteiger partial charge in [0.15, 0.2) is 0 Å².